The first-order valence-corrected chi connectivity index (χ1v) is 13.7. The summed E-state index contributed by atoms with van der Waals surface area (Å²) in [6, 6.07) is 14.3. The van der Waals surface area contributed by atoms with Crippen molar-refractivity contribution in [3.05, 3.63) is 70.5 Å². The molecule has 1 aliphatic rings. The van der Waals surface area contributed by atoms with Gasteiger partial charge < -0.3 is 24.8 Å². The van der Waals surface area contributed by atoms with E-state index in [1.54, 1.807) is 41.1 Å². The number of nitrogens with one attached hydrogen (secondary N) is 2. The van der Waals surface area contributed by atoms with Gasteiger partial charge in [-0.15, -0.1) is 0 Å². The molecule has 3 aromatic rings. The molecule has 1 fully saturated rings. The molecule has 38 heavy (non-hydrogen) atoms. The highest BCUT2D eigenvalue weighted by atomic mass is 35.5. The van der Waals surface area contributed by atoms with Crippen molar-refractivity contribution in [3.8, 4) is 5.69 Å². The van der Waals surface area contributed by atoms with E-state index in [2.05, 4.69) is 29.4 Å². The van der Waals surface area contributed by atoms with E-state index >= 15 is 0 Å². The maximum Gasteiger partial charge on any atom is 0.355 e. The van der Waals surface area contributed by atoms with Crippen molar-refractivity contribution >= 4 is 52.3 Å². The Morgan fingerprint density at radius 3 is 2.45 bits per heavy atom. The van der Waals surface area contributed by atoms with Crippen LogP contribution >= 0.6 is 23.2 Å². The lowest BCUT2D eigenvalue weighted by Crippen LogP contribution is -2.40. The number of hydrogen-bond acceptors (Lipinski definition) is 4. The zero-order valence-electron chi connectivity index (χ0n) is 22.0. The normalized spacial score (nSPS) is 13.8. The Morgan fingerprint density at radius 2 is 1.76 bits per heavy atom. The number of anilines is 3. The van der Waals surface area contributed by atoms with Gasteiger partial charge in [-0.2, -0.15) is 0 Å². The topological polar surface area (TPSA) is 75.6 Å². The van der Waals surface area contributed by atoms with E-state index in [1.807, 2.05) is 18.2 Å². The molecular weight excluding hydrogens is 523 g/mol. The van der Waals surface area contributed by atoms with E-state index in [0.717, 1.165) is 30.8 Å². The van der Waals surface area contributed by atoms with Crippen molar-refractivity contribution in [3.63, 3.8) is 0 Å². The predicted molar refractivity (Wildman–Crippen MR) is 155 cm³/mol. The molecule has 0 bridgehead atoms. The smallest absolute Gasteiger partial charge is 0.355 e. The molecule has 0 spiro atoms. The van der Waals surface area contributed by atoms with E-state index in [1.165, 1.54) is 26.4 Å². The molecule has 9 heteroatoms. The number of rotatable bonds is 8. The largest absolute Gasteiger partial charge is 0.464 e. The van der Waals surface area contributed by atoms with Gasteiger partial charge in [0.05, 0.1) is 29.2 Å². The van der Waals surface area contributed by atoms with E-state index in [-0.39, 0.29) is 0 Å². The Labute approximate surface area is 234 Å². The molecule has 202 valence electrons. The van der Waals surface area contributed by atoms with E-state index in [4.69, 9.17) is 27.9 Å². The fraction of sp³-hybridized carbons (Fsp3) is 0.379. The predicted octanol–water partition coefficient (Wildman–Crippen LogP) is 8.01. The summed E-state index contributed by atoms with van der Waals surface area (Å²) in [5.41, 5.74) is 3.16. The van der Waals surface area contributed by atoms with Crippen molar-refractivity contribution < 1.29 is 14.3 Å². The molecule has 0 saturated heterocycles. The Kier molecular flexibility index (Phi) is 9.23. The summed E-state index contributed by atoms with van der Waals surface area (Å²) in [6.45, 7) is 5.27. The number of carbonyl (C=O) groups is 2. The third-order valence-electron chi connectivity index (χ3n) is 6.72. The third kappa shape index (κ3) is 6.63. The van der Waals surface area contributed by atoms with Crippen LogP contribution in [0.15, 0.2) is 54.7 Å². The molecule has 7 nitrogen and oxygen atoms in total. The van der Waals surface area contributed by atoms with Gasteiger partial charge in [-0.25, -0.2) is 9.59 Å². The molecule has 1 heterocycles. The number of urea groups is 1. The van der Waals surface area contributed by atoms with Crippen LogP contribution in [0, 0.1) is 5.92 Å². The Hall–Kier alpha value is -3.16. The highest BCUT2D eigenvalue weighted by Gasteiger charge is 2.25. The Bertz CT molecular complexity index is 1280. The monoisotopic (exact) mass is 556 g/mol. The van der Waals surface area contributed by atoms with Crippen LogP contribution in [0.3, 0.4) is 0 Å². The summed E-state index contributed by atoms with van der Waals surface area (Å²) >= 11 is 12.3. The van der Waals surface area contributed by atoms with Crippen LogP contribution in [0.4, 0.5) is 21.9 Å². The van der Waals surface area contributed by atoms with Crippen molar-refractivity contribution in [1.29, 1.82) is 0 Å². The number of esters is 1. The zero-order chi connectivity index (χ0) is 27.2. The summed E-state index contributed by atoms with van der Waals surface area (Å²) in [4.78, 5) is 28.0. The van der Waals surface area contributed by atoms with Crippen molar-refractivity contribution in [2.75, 3.05) is 29.2 Å². The minimum absolute atomic E-state index is 0.348. The second-order valence-corrected chi connectivity index (χ2v) is 10.8. The molecule has 1 aliphatic carbocycles. The van der Waals surface area contributed by atoms with Crippen LogP contribution in [0.25, 0.3) is 5.69 Å². The number of amides is 2. The maximum atomic E-state index is 13.2. The molecule has 2 aromatic carbocycles. The lowest BCUT2D eigenvalue weighted by Gasteiger charge is -2.38. The first-order valence-electron chi connectivity index (χ1n) is 13.0. The van der Waals surface area contributed by atoms with Crippen LogP contribution < -0.4 is 15.5 Å². The van der Waals surface area contributed by atoms with Crippen molar-refractivity contribution in [2.45, 2.75) is 52.0 Å². The number of aromatic nitrogens is 1. The average molecular weight is 558 g/mol. The van der Waals surface area contributed by atoms with Gasteiger partial charge in [0.1, 0.15) is 5.69 Å². The Morgan fingerprint density at radius 1 is 1.03 bits per heavy atom. The van der Waals surface area contributed by atoms with Crippen LogP contribution in [0.2, 0.25) is 10.0 Å². The zero-order valence-corrected chi connectivity index (χ0v) is 23.5. The van der Waals surface area contributed by atoms with Crippen molar-refractivity contribution in [2.24, 2.45) is 5.92 Å². The summed E-state index contributed by atoms with van der Waals surface area (Å²) in [5, 5.41) is 6.71. The minimum atomic E-state index is -0.438. The van der Waals surface area contributed by atoms with Gasteiger partial charge in [-0.1, -0.05) is 56.3 Å². The number of nitrogens with zero attached hydrogens (tertiary/aromatic N) is 2. The average Bonchev–Trinajstić information content (AvgIpc) is 3.39. The van der Waals surface area contributed by atoms with Crippen molar-refractivity contribution in [1.82, 2.24) is 4.57 Å². The lowest BCUT2D eigenvalue weighted by molar-refractivity contribution is 0.0591. The number of carbonyl (C=O) groups excluding carboxylic acids is 2. The number of hydrogen-bond donors (Lipinski definition) is 2. The van der Waals surface area contributed by atoms with E-state index in [0.29, 0.717) is 39.1 Å². The highest BCUT2D eigenvalue weighted by molar-refractivity contribution is 6.36. The molecule has 1 saturated carbocycles. The van der Waals surface area contributed by atoms with Crippen LogP contribution in [0.5, 0.6) is 0 Å². The number of ether oxygens (including phenoxy) is 1. The maximum absolute atomic E-state index is 13.2. The second-order valence-electron chi connectivity index (χ2n) is 10.00. The van der Waals surface area contributed by atoms with Crippen LogP contribution in [-0.4, -0.2) is 36.3 Å². The second kappa shape index (κ2) is 12.6. The molecule has 2 N–H and O–H groups in total. The Balaban J connectivity index is 1.73. The van der Waals surface area contributed by atoms with E-state index in [9.17, 15) is 9.59 Å². The van der Waals surface area contributed by atoms with Gasteiger partial charge in [-0.05, 0) is 67.3 Å². The van der Waals surface area contributed by atoms with Crippen LogP contribution in [-0.2, 0) is 4.74 Å². The molecule has 4 rings (SSSR count). The molecular formula is C29H34Cl2N4O3. The lowest BCUT2D eigenvalue weighted by atomic mass is 9.93. The fourth-order valence-electron chi connectivity index (χ4n) is 5.00. The van der Waals surface area contributed by atoms with Gasteiger partial charge >= 0.3 is 12.0 Å². The quantitative estimate of drug-likeness (QED) is 0.275. The molecule has 0 unspecified atom stereocenters. The number of halogens is 2. The molecule has 0 atom stereocenters. The molecule has 2 amide bonds. The van der Waals surface area contributed by atoms with Gasteiger partial charge in [-0.3, -0.25) is 0 Å². The van der Waals surface area contributed by atoms with Gasteiger partial charge in [0, 0.05) is 29.5 Å². The first kappa shape index (κ1) is 27.9. The fourth-order valence-corrected chi connectivity index (χ4v) is 5.45. The van der Waals surface area contributed by atoms with Gasteiger partial charge in [0.25, 0.3) is 0 Å². The first-order chi connectivity index (χ1) is 18.3. The van der Waals surface area contributed by atoms with Crippen LogP contribution in [0.1, 0.15) is 56.4 Å². The third-order valence-corrected chi connectivity index (χ3v) is 7.26. The summed E-state index contributed by atoms with van der Waals surface area (Å²) in [7, 11) is 1.36. The molecule has 0 aliphatic heterocycles. The summed E-state index contributed by atoms with van der Waals surface area (Å²) < 4.78 is 6.71. The standard InChI is InChI=1S/C29H34Cl2N4O3/c1-19(2)18-35(21-8-5-4-6-9-21)26-14-12-22(34-15-7-10-27(34)28(36)38-3)17-25(26)33-29(37)32-24-13-11-20(30)16-23(24)31/h7,10-17,19,21H,4-6,8-9,18H2,1-3H3,(H2,32,33,37). The van der Waals surface area contributed by atoms with Gasteiger partial charge in [0.2, 0.25) is 0 Å². The molecule has 1 aromatic heterocycles. The summed E-state index contributed by atoms with van der Waals surface area (Å²) in [5.74, 6) is -0.00567. The summed E-state index contributed by atoms with van der Waals surface area (Å²) in [6.07, 6.45) is 7.67. The highest BCUT2D eigenvalue weighted by Crippen LogP contribution is 2.35. The number of methoxy groups -OCH3 is 1. The van der Waals surface area contributed by atoms with E-state index < -0.39 is 12.0 Å². The number of benzene rings is 2. The molecule has 0 radical (unpaired) electrons. The minimum Gasteiger partial charge on any atom is -0.464 e. The SMILES string of the molecule is COC(=O)c1cccn1-c1ccc(N(CC(C)C)C2CCCCC2)c(NC(=O)Nc2ccc(Cl)cc2Cl)c1. The van der Waals surface area contributed by atoms with Gasteiger partial charge in [0.15, 0.2) is 0 Å².